The maximum Gasteiger partial charge on any atom is 0.246 e. The molecule has 0 aromatic heterocycles. The zero-order chi connectivity index (χ0) is 11.5. The van der Waals surface area contributed by atoms with Crippen LogP contribution in [0.5, 0.6) is 0 Å². The summed E-state index contributed by atoms with van der Waals surface area (Å²) in [6.07, 6.45) is 9.31. The second-order valence-electron chi connectivity index (χ2n) is 4.18. The number of amides is 1. The van der Waals surface area contributed by atoms with E-state index in [1.54, 1.807) is 0 Å². The van der Waals surface area contributed by atoms with Crippen molar-refractivity contribution < 1.29 is 9.90 Å². The van der Waals surface area contributed by atoms with E-state index >= 15 is 0 Å². The molecule has 0 aliphatic carbocycles. The molecular formula is C12H25NO2. The normalized spacial score (nSPS) is 12.7. The first-order valence-electron chi connectivity index (χ1n) is 6.16. The van der Waals surface area contributed by atoms with Crippen LogP contribution in [0.25, 0.3) is 0 Å². The van der Waals surface area contributed by atoms with Crippen LogP contribution >= 0.6 is 0 Å². The molecule has 0 fully saturated rings. The van der Waals surface area contributed by atoms with Crippen molar-refractivity contribution in [1.82, 2.24) is 0 Å². The van der Waals surface area contributed by atoms with Crippen molar-refractivity contribution in [3.05, 3.63) is 0 Å². The minimum absolute atomic E-state index is 0.518. The van der Waals surface area contributed by atoms with E-state index < -0.39 is 12.0 Å². The van der Waals surface area contributed by atoms with E-state index in [4.69, 9.17) is 10.8 Å². The molecule has 0 saturated carbocycles. The molecule has 1 atom stereocenters. The standard InChI is InChI=1S/C12H25NO2/c1-2-3-4-5-6-7-8-9-10-11(14)12(13)15/h11,14H,2-10H2,1H3,(H2,13,15). The van der Waals surface area contributed by atoms with Gasteiger partial charge in [0.25, 0.3) is 0 Å². The highest BCUT2D eigenvalue weighted by atomic mass is 16.3. The van der Waals surface area contributed by atoms with Crippen LogP contribution in [0.15, 0.2) is 0 Å². The number of aliphatic hydroxyl groups excluding tert-OH is 1. The summed E-state index contributed by atoms with van der Waals surface area (Å²) in [5.41, 5.74) is 4.94. The predicted octanol–water partition coefficient (Wildman–Crippen LogP) is 2.36. The van der Waals surface area contributed by atoms with E-state index in [1.165, 1.54) is 38.5 Å². The molecule has 0 saturated heterocycles. The molecule has 0 aliphatic heterocycles. The van der Waals surface area contributed by atoms with Crippen molar-refractivity contribution in [1.29, 1.82) is 0 Å². The quantitative estimate of drug-likeness (QED) is 0.549. The average Bonchev–Trinajstić information content (AvgIpc) is 2.21. The van der Waals surface area contributed by atoms with Gasteiger partial charge >= 0.3 is 0 Å². The number of rotatable bonds is 10. The number of hydrogen-bond donors (Lipinski definition) is 2. The lowest BCUT2D eigenvalue weighted by molar-refractivity contribution is -0.126. The molecule has 0 aromatic carbocycles. The van der Waals surface area contributed by atoms with Gasteiger partial charge in [-0.3, -0.25) is 4.79 Å². The van der Waals surface area contributed by atoms with Crippen LogP contribution in [-0.4, -0.2) is 17.1 Å². The topological polar surface area (TPSA) is 63.3 Å². The van der Waals surface area contributed by atoms with Gasteiger partial charge in [-0.15, -0.1) is 0 Å². The summed E-state index contributed by atoms with van der Waals surface area (Å²) < 4.78 is 0. The number of primary amides is 1. The van der Waals surface area contributed by atoms with Gasteiger partial charge in [0, 0.05) is 0 Å². The number of nitrogens with two attached hydrogens (primary N) is 1. The van der Waals surface area contributed by atoms with E-state index in [1.807, 2.05) is 0 Å². The van der Waals surface area contributed by atoms with Crippen LogP contribution in [-0.2, 0) is 4.79 Å². The Kier molecular flexibility index (Phi) is 9.59. The van der Waals surface area contributed by atoms with Crippen molar-refractivity contribution in [3.63, 3.8) is 0 Å². The smallest absolute Gasteiger partial charge is 0.246 e. The Labute approximate surface area is 93.0 Å². The van der Waals surface area contributed by atoms with Crippen molar-refractivity contribution in [2.45, 2.75) is 70.8 Å². The molecule has 90 valence electrons. The van der Waals surface area contributed by atoms with Crippen molar-refractivity contribution in [3.8, 4) is 0 Å². The highest BCUT2D eigenvalue weighted by Crippen LogP contribution is 2.10. The van der Waals surface area contributed by atoms with E-state index in [0.29, 0.717) is 6.42 Å². The Hall–Kier alpha value is -0.570. The van der Waals surface area contributed by atoms with Crippen molar-refractivity contribution >= 4 is 5.91 Å². The Morgan fingerprint density at radius 2 is 1.53 bits per heavy atom. The summed E-state index contributed by atoms with van der Waals surface area (Å²) in [6.45, 7) is 2.21. The van der Waals surface area contributed by atoms with Crippen LogP contribution in [0.3, 0.4) is 0 Å². The lowest BCUT2D eigenvalue weighted by Gasteiger charge is -2.05. The summed E-state index contributed by atoms with van der Waals surface area (Å²) in [5, 5.41) is 9.12. The molecule has 15 heavy (non-hydrogen) atoms. The zero-order valence-electron chi connectivity index (χ0n) is 9.87. The zero-order valence-corrected chi connectivity index (χ0v) is 9.87. The van der Waals surface area contributed by atoms with Gasteiger partial charge in [-0.25, -0.2) is 0 Å². The molecule has 0 aromatic rings. The van der Waals surface area contributed by atoms with E-state index in [0.717, 1.165) is 12.8 Å². The third-order valence-corrected chi connectivity index (χ3v) is 2.66. The number of unbranched alkanes of at least 4 members (excludes halogenated alkanes) is 7. The summed E-state index contributed by atoms with van der Waals surface area (Å²) >= 11 is 0. The van der Waals surface area contributed by atoms with Crippen molar-refractivity contribution in [2.75, 3.05) is 0 Å². The molecule has 0 heterocycles. The molecule has 0 radical (unpaired) electrons. The van der Waals surface area contributed by atoms with Gasteiger partial charge in [-0.1, -0.05) is 58.3 Å². The van der Waals surface area contributed by atoms with Crippen LogP contribution < -0.4 is 5.73 Å². The van der Waals surface area contributed by atoms with Crippen LogP contribution in [0.2, 0.25) is 0 Å². The Balaban J connectivity index is 3.08. The molecule has 0 bridgehead atoms. The second-order valence-corrected chi connectivity index (χ2v) is 4.18. The Bertz CT molecular complexity index is 160. The predicted molar refractivity (Wildman–Crippen MR) is 62.4 cm³/mol. The average molecular weight is 215 g/mol. The van der Waals surface area contributed by atoms with Crippen LogP contribution in [0.1, 0.15) is 64.7 Å². The first kappa shape index (κ1) is 14.4. The monoisotopic (exact) mass is 215 g/mol. The number of carbonyl (C=O) groups is 1. The molecule has 1 unspecified atom stereocenters. The maximum absolute atomic E-state index is 10.5. The lowest BCUT2D eigenvalue weighted by atomic mass is 10.1. The van der Waals surface area contributed by atoms with Gasteiger partial charge in [0.15, 0.2) is 0 Å². The van der Waals surface area contributed by atoms with Gasteiger partial charge in [0.05, 0.1) is 0 Å². The summed E-state index contributed by atoms with van der Waals surface area (Å²) in [6, 6.07) is 0. The first-order valence-corrected chi connectivity index (χ1v) is 6.16. The highest BCUT2D eigenvalue weighted by Gasteiger charge is 2.08. The molecule has 0 spiro atoms. The molecule has 3 heteroatoms. The maximum atomic E-state index is 10.5. The molecular weight excluding hydrogens is 190 g/mol. The van der Waals surface area contributed by atoms with Gasteiger partial charge < -0.3 is 10.8 Å². The van der Waals surface area contributed by atoms with Crippen LogP contribution in [0, 0.1) is 0 Å². The Morgan fingerprint density at radius 3 is 2.00 bits per heavy atom. The third-order valence-electron chi connectivity index (χ3n) is 2.66. The fourth-order valence-corrected chi connectivity index (χ4v) is 1.61. The summed E-state index contributed by atoms with van der Waals surface area (Å²) in [4.78, 5) is 10.5. The molecule has 0 aliphatic rings. The molecule has 3 nitrogen and oxygen atoms in total. The van der Waals surface area contributed by atoms with Gasteiger partial charge in [-0.2, -0.15) is 0 Å². The SMILES string of the molecule is CCCCCCCCCCC(O)C(N)=O. The van der Waals surface area contributed by atoms with E-state index in [9.17, 15) is 4.79 Å². The third kappa shape index (κ3) is 9.73. The first-order chi connectivity index (χ1) is 7.18. The number of carbonyl (C=O) groups excluding carboxylic acids is 1. The minimum Gasteiger partial charge on any atom is -0.383 e. The fourth-order valence-electron chi connectivity index (χ4n) is 1.61. The summed E-state index contributed by atoms with van der Waals surface area (Å²) in [5.74, 6) is -0.599. The molecule has 1 amide bonds. The highest BCUT2D eigenvalue weighted by molar-refractivity contribution is 5.78. The molecule has 0 rings (SSSR count). The fraction of sp³-hybridized carbons (Fsp3) is 0.917. The Morgan fingerprint density at radius 1 is 1.07 bits per heavy atom. The summed E-state index contributed by atoms with van der Waals surface area (Å²) in [7, 11) is 0. The number of aliphatic hydroxyl groups is 1. The van der Waals surface area contributed by atoms with Crippen LogP contribution in [0.4, 0.5) is 0 Å². The van der Waals surface area contributed by atoms with E-state index in [2.05, 4.69) is 6.92 Å². The minimum atomic E-state index is -0.940. The van der Waals surface area contributed by atoms with Gasteiger partial charge in [0.1, 0.15) is 6.10 Å². The molecule has 3 N–H and O–H groups in total. The second kappa shape index (κ2) is 9.97. The largest absolute Gasteiger partial charge is 0.383 e. The number of hydrogen-bond acceptors (Lipinski definition) is 2. The lowest BCUT2D eigenvalue weighted by Crippen LogP contribution is -2.27. The van der Waals surface area contributed by atoms with Crippen molar-refractivity contribution in [2.24, 2.45) is 5.73 Å². The van der Waals surface area contributed by atoms with Gasteiger partial charge in [0.2, 0.25) is 5.91 Å². The van der Waals surface area contributed by atoms with E-state index in [-0.39, 0.29) is 0 Å². The van der Waals surface area contributed by atoms with Gasteiger partial charge in [-0.05, 0) is 6.42 Å².